The van der Waals surface area contributed by atoms with Crippen LogP contribution in [0, 0.1) is 18.3 Å². The van der Waals surface area contributed by atoms with Crippen molar-refractivity contribution in [3.8, 4) is 11.8 Å². The summed E-state index contributed by atoms with van der Waals surface area (Å²) in [7, 11) is 0. The van der Waals surface area contributed by atoms with Crippen LogP contribution in [0.25, 0.3) is 11.0 Å². The summed E-state index contributed by atoms with van der Waals surface area (Å²) in [6.07, 6.45) is 0. The van der Waals surface area contributed by atoms with Crippen LogP contribution >= 0.6 is 0 Å². The second kappa shape index (κ2) is 6.82. The molecule has 4 nitrogen and oxygen atoms in total. The van der Waals surface area contributed by atoms with Crippen molar-refractivity contribution < 1.29 is 9.15 Å². The minimum absolute atomic E-state index is 0.259. The molecule has 4 heteroatoms. The number of nitrogens with zero attached hydrogens (tertiary/aromatic N) is 1. The Balaban J connectivity index is 1.98. The average molecular weight is 333 g/mol. The van der Waals surface area contributed by atoms with E-state index in [-0.39, 0.29) is 12.2 Å². The zero-order valence-corrected chi connectivity index (χ0v) is 14.5. The highest BCUT2D eigenvalue weighted by atomic mass is 16.5. The van der Waals surface area contributed by atoms with E-state index in [4.69, 9.17) is 14.4 Å². The largest absolute Gasteiger partial charge is 0.489 e. The molecule has 1 aromatic heterocycles. The Kier molecular flexibility index (Phi) is 4.58. The molecule has 1 heterocycles. The van der Waals surface area contributed by atoms with Crippen LogP contribution in [-0.4, -0.2) is 0 Å². The minimum Gasteiger partial charge on any atom is -0.489 e. The first-order valence-corrected chi connectivity index (χ1v) is 8.18. The summed E-state index contributed by atoms with van der Waals surface area (Å²) in [5, 5.41) is 9.73. The molecule has 3 aromatic rings. The average Bonchev–Trinajstić information content (AvgIpc) is 2.59. The van der Waals surface area contributed by atoms with Crippen LogP contribution in [0.4, 0.5) is 0 Å². The molecular formula is C21H19NO3. The summed E-state index contributed by atoms with van der Waals surface area (Å²) in [4.78, 5) is 11.9. The number of hydrogen-bond donors (Lipinski definition) is 0. The molecule has 0 spiro atoms. The third kappa shape index (κ3) is 3.56. The van der Waals surface area contributed by atoms with Gasteiger partial charge in [-0.05, 0) is 60.4 Å². The van der Waals surface area contributed by atoms with Crippen LogP contribution in [0.3, 0.4) is 0 Å². The Bertz CT molecular complexity index is 1010. The van der Waals surface area contributed by atoms with Gasteiger partial charge in [0.15, 0.2) is 0 Å². The lowest BCUT2D eigenvalue weighted by Crippen LogP contribution is -2.05. The Morgan fingerprint density at radius 1 is 1.16 bits per heavy atom. The number of hydrogen-bond acceptors (Lipinski definition) is 4. The molecule has 0 fully saturated rings. The fourth-order valence-corrected chi connectivity index (χ4v) is 2.92. The number of ether oxygens (including phenoxy) is 1. The third-order valence-corrected chi connectivity index (χ3v) is 4.22. The number of fused-ring (bicyclic) bond motifs is 1. The Labute approximate surface area is 146 Å². The van der Waals surface area contributed by atoms with Crippen LogP contribution in [0.5, 0.6) is 5.75 Å². The summed E-state index contributed by atoms with van der Waals surface area (Å²) in [6.45, 7) is 6.56. The zero-order valence-electron chi connectivity index (χ0n) is 14.5. The van der Waals surface area contributed by atoms with Gasteiger partial charge in [-0.15, -0.1) is 0 Å². The zero-order chi connectivity index (χ0) is 18.0. The van der Waals surface area contributed by atoms with E-state index in [2.05, 4.69) is 26.0 Å². The van der Waals surface area contributed by atoms with Crippen molar-refractivity contribution in [3.05, 3.63) is 75.1 Å². The van der Waals surface area contributed by atoms with E-state index in [1.165, 1.54) is 11.6 Å². The molecule has 3 rings (SSSR count). The van der Waals surface area contributed by atoms with Crippen molar-refractivity contribution in [2.45, 2.75) is 33.3 Å². The summed E-state index contributed by atoms with van der Waals surface area (Å²) in [6, 6.07) is 14.4. The first-order chi connectivity index (χ1) is 12.0. The van der Waals surface area contributed by atoms with E-state index in [0.717, 1.165) is 16.5 Å². The molecule has 126 valence electrons. The summed E-state index contributed by atoms with van der Waals surface area (Å²) < 4.78 is 11.1. The van der Waals surface area contributed by atoms with Crippen molar-refractivity contribution in [2.75, 3.05) is 0 Å². The molecule has 0 bridgehead atoms. The van der Waals surface area contributed by atoms with Gasteiger partial charge in [0.25, 0.3) is 0 Å². The normalized spacial score (nSPS) is 10.8. The second-order valence-corrected chi connectivity index (χ2v) is 6.38. The van der Waals surface area contributed by atoms with Crippen molar-refractivity contribution in [1.82, 2.24) is 0 Å². The van der Waals surface area contributed by atoms with Crippen LogP contribution in [-0.2, 0) is 6.61 Å². The van der Waals surface area contributed by atoms with Crippen molar-refractivity contribution in [3.63, 3.8) is 0 Å². The van der Waals surface area contributed by atoms with E-state index < -0.39 is 0 Å². The van der Waals surface area contributed by atoms with Gasteiger partial charge in [-0.25, -0.2) is 4.79 Å². The molecule has 0 unspecified atom stereocenters. The lowest BCUT2D eigenvalue weighted by atomic mass is 9.95. The maximum atomic E-state index is 11.9. The van der Waals surface area contributed by atoms with Crippen LogP contribution in [0.2, 0.25) is 0 Å². The molecule has 0 atom stereocenters. The van der Waals surface area contributed by atoms with Crippen molar-refractivity contribution in [2.24, 2.45) is 0 Å². The maximum absolute atomic E-state index is 11.9. The smallest absolute Gasteiger partial charge is 0.336 e. The second-order valence-electron chi connectivity index (χ2n) is 6.38. The topological polar surface area (TPSA) is 63.2 Å². The van der Waals surface area contributed by atoms with Crippen LogP contribution < -0.4 is 10.4 Å². The molecule has 0 saturated heterocycles. The highest BCUT2D eigenvalue weighted by Gasteiger charge is 2.12. The molecule has 0 radical (unpaired) electrons. The quantitative estimate of drug-likeness (QED) is 0.651. The lowest BCUT2D eigenvalue weighted by molar-refractivity contribution is 0.306. The van der Waals surface area contributed by atoms with E-state index in [9.17, 15) is 4.79 Å². The number of benzene rings is 2. The van der Waals surface area contributed by atoms with E-state index in [1.807, 2.05) is 13.0 Å². The van der Waals surface area contributed by atoms with E-state index >= 15 is 0 Å². The molecule has 0 aliphatic heterocycles. The SMILES string of the molecule is Cc1cc2oc(=O)cc(COc3ccc(C#N)cc3)c2cc1C(C)C. The standard InChI is InChI=1S/C21H19NO3/c1-13(2)18-10-19-16(9-21(23)25-20(19)8-14(18)3)12-24-17-6-4-15(11-22)5-7-17/h4-10,13H,12H2,1-3H3. The summed E-state index contributed by atoms with van der Waals surface area (Å²) in [5.74, 6) is 1.03. The third-order valence-electron chi connectivity index (χ3n) is 4.22. The van der Waals surface area contributed by atoms with Gasteiger partial charge in [0, 0.05) is 17.0 Å². The fourth-order valence-electron chi connectivity index (χ4n) is 2.92. The van der Waals surface area contributed by atoms with Gasteiger partial charge in [-0.3, -0.25) is 0 Å². The molecule has 0 amide bonds. The monoisotopic (exact) mass is 333 g/mol. The van der Waals surface area contributed by atoms with E-state index in [1.54, 1.807) is 24.3 Å². The summed E-state index contributed by atoms with van der Waals surface area (Å²) >= 11 is 0. The van der Waals surface area contributed by atoms with Gasteiger partial charge >= 0.3 is 5.63 Å². The Morgan fingerprint density at radius 3 is 2.52 bits per heavy atom. The molecule has 0 N–H and O–H groups in total. The lowest BCUT2D eigenvalue weighted by Gasteiger charge is -2.13. The first-order valence-electron chi connectivity index (χ1n) is 8.18. The van der Waals surface area contributed by atoms with Gasteiger partial charge in [-0.1, -0.05) is 13.8 Å². The van der Waals surface area contributed by atoms with Gasteiger partial charge in [-0.2, -0.15) is 5.26 Å². The molecule has 0 saturated carbocycles. The van der Waals surface area contributed by atoms with E-state index in [0.29, 0.717) is 22.8 Å². The molecule has 0 aliphatic rings. The maximum Gasteiger partial charge on any atom is 0.336 e. The molecule has 2 aromatic carbocycles. The van der Waals surface area contributed by atoms with Gasteiger partial charge in [0.2, 0.25) is 0 Å². The molecule has 25 heavy (non-hydrogen) atoms. The minimum atomic E-state index is -0.386. The Hall–Kier alpha value is -3.06. The fraction of sp³-hybridized carbons (Fsp3) is 0.238. The van der Waals surface area contributed by atoms with Crippen molar-refractivity contribution in [1.29, 1.82) is 5.26 Å². The van der Waals surface area contributed by atoms with Crippen LogP contribution in [0.1, 0.15) is 42.0 Å². The van der Waals surface area contributed by atoms with Gasteiger partial charge in [0.1, 0.15) is 17.9 Å². The number of aryl methyl sites for hydroxylation is 1. The first kappa shape index (κ1) is 16.8. The van der Waals surface area contributed by atoms with Gasteiger partial charge in [0.05, 0.1) is 11.6 Å². The predicted molar refractivity (Wildman–Crippen MR) is 96.8 cm³/mol. The van der Waals surface area contributed by atoms with Crippen LogP contribution in [0.15, 0.2) is 51.7 Å². The number of nitriles is 1. The van der Waals surface area contributed by atoms with Crippen molar-refractivity contribution >= 4 is 11.0 Å². The summed E-state index contributed by atoms with van der Waals surface area (Å²) in [5.41, 5.74) is 3.89. The molecule has 0 aliphatic carbocycles. The highest BCUT2D eigenvalue weighted by molar-refractivity contribution is 5.82. The van der Waals surface area contributed by atoms with Gasteiger partial charge < -0.3 is 9.15 Å². The molecular weight excluding hydrogens is 314 g/mol. The Morgan fingerprint density at radius 2 is 1.88 bits per heavy atom. The highest BCUT2D eigenvalue weighted by Crippen LogP contribution is 2.27. The number of rotatable bonds is 4. The predicted octanol–water partition coefficient (Wildman–Crippen LogP) is 4.68.